The van der Waals surface area contributed by atoms with E-state index in [2.05, 4.69) is 5.32 Å². The number of ether oxygens (including phenoxy) is 1. The first-order chi connectivity index (χ1) is 7.11. The molecule has 5 nitrogen and oxygen atoms in total. The van der Waals surface area contributed by atoms with Crippen LogP contribution in [0.3, 0.4) is 0 Å². The molecule has 0 aromatic heterocycles. The van der Waals surface area contributed by atoms with Gasteiger partial charge in [0, 0.05) is 13.2 Å². The Bertz CT molecular complexity index is 206. The van der Waals surface area contributed by atoms with E-state index in [0.29, 0.717) is 13.0 Å². The van der Waals surface area contributed by atoms with Crippen molar-refractivity contribution in [3.8, 4) is 0 Å². The van der Waals surface area contributed by atoms with E-state index in [1.54, 1.807) is 6.92 Å². The number of hydrogen-bond donors (Lipinski definition) is 2. The first-order valence-corrected chi connectivity index (χ1v) is 5.19. The quantitative estimate of drug-likeness (QED) is 0.625. The van der Waals surface area contributed by atoms with Crippen molar-refractivity contribution in [1.82, 2.24) is 5.32 Å². The third-order valence-corrected chi connectivity index (χ3v) is 1.97. The zero-order valence-electron chi connectivity index (χ0n) is 9.28. The number of hydrogen-bond acceptors (Lipinski definition) is 3. The second kappa shape index (κ2) is 8.23. The molecule has 0 fully saturated rings. The van der Waals surface area contributed by atoms with Crippen LogP contribution in [0.5, 0.6) is 0 Å². The van der Waals surface area contributed by atoms with Crippen molar-refractivity contribution in [2.75, 3.05) is 19.8 Å². The Kier molecular flexibility index (Phi) is 7.62. The third kappa shape index (κ3) is 6.90. The Balaban J connectivity index is 3.78. The summed E-state index contributed by atoms with van der Waals surface area (Å²) in [6.07, 6.45) is 1.36. The molecule has 0 heterocycles. The van der Waals surface area contributed by atoms with Gasteiger partial charge in [-0.2, -0.15) is 0 Å². The molecule has 0 rings (SSSR count). The van der Waals surface area contributed by atoms with Gasteiger partial charge in [-0.15, -0.1) is 0 Å². The Morgan fingerprint density at radius 2 is 2.07 bits per heavy atom. The monoisotopic (exact) mass is 217 g/mol. The standard InChI is InChI=1S/C10H19NO4/c1-3-5-8(10(13)14)6-11-9(12)7-15-4-2/h8H,3-7H2,1-2H3,(H,11,12)(H,13,14). The van der Waals surface area contributed by atoms with Crippen molar-refractivity contribution in [3.63, 3.8) is 0 Å². The molecule has 0 spiro atoms. The summed E-state index contributed by atoms with van der Waals surface area (Å²) < 4.78 is 4.89. The predicted molar refractivity (Wildman–Crippen MR) is 55.5 cm³/mol. The van der Waals surface area contributed by atoms with Crippen LogP contribution in [-0.4, -0.2) is 36.7 Å². The molecule has 5 heteroatoms. The Morgan fingerprint density at radius 1 is 1.40 bits per heavy atom. The van der Waals surface area contributed by atoms with Gasteiger partial charge in [0.25, 0.3) is 0 Å². The highest BCUT2D eigenvalue weighted by Gasteiger charge is 2.16. The summed E-state index contributed by atoms with van der Waals surface area (Å²) in [4.78, 5) is 21.8. The van der Waals surface area contributed by atoms with Crippen molar-refractivity contribution in [1.29, 1.82) is 0 Å². The summed E-state index contributed by atoms with van der Waals surface area (Å²) in [6.45, 7) is 4.36. The van der Waals surface area contributed by atoms with E-state index in [4.69, 9.17) is 9.84 Å². The van der Waals surface area contributed by atoms with Crippen molar-refractivity contribution < 1.29 is 19.4 Å². The number of carboxylic acids is 1. The maximum atomic E-state index is 11.1. The molecule has 2 N–H and O–H groups in total. The molecule has 1 atom stereocenters. The van der Waals surface area contributed by atoms with Gasteiger partial charge in [-0.1, -0.05) is 13.3 Å². The van der Waals surface area contributed by atoms with Crippen LogP contribution in [0.15, 0.2) is 0 Å². The fourth-order valence-corrected chi connectivity index (χ4v) is 1.14. The Morgan fingerprint density at radius 3 is 2.53 bits per heavy atom. The highest BCUT2D eigenvalue weighted by Crippen LogP contribution is 2.04. The third-order valence-electron chi connectivity index (χ3n) is 1.97. The van der Waals surface area contributed by atoms with Crippen LogP contribution >= 0.6 is 0 Å². The molecule has 0 saturated carbocycles. The largest absolute Gasteiger partial charge is 0.481 e. The molecule has 0 radical (unpaired) electrons. The van der Waals surface area contributed by atoms with Crippen LogP contribution < -0.4 is 5.32 Å². The number of carbonyl (C=O) groups excluding carboxylic acids is 1. The number of aliphatic carboxylic acids is 1. The fourth-order valence-electron chi connectivity index (χ4n) is 1.14. The van der Waals surface area contributed by atoms with E-state index in [9.17, 15) is 9.59 Å². The molecule has 0 aliphatic carbocycles. The number of carboxylic acid groups (broad SMARTS) is 1. The molecule has 0 aromatic carbocycles. The summed E-state index contributed by atoms with van der Waals surface area (Å²) in [5, 5.41) is 11.3. The van der Waals surface area contributed by atoms with Gasteiger partial charge in [0.2, 0.25) is 5.91 Å². The first-order valence-electron chi connectivity index (χ1n) is 5.19. The topological polar surface area (TPSA) is 75.6 Å². The van der Waals surface area contributed by atoms with E-state index in [0.717, 1.165) is 6.42 Å². The van der Waals surface area contributed by atoms with Crippen molar-refractivity contribution >= 4 is 11.9 Å². The van der Waals surface area contributed by atoms with Crippen LogP contribution in [0.25, 0.3) is 0 Å². The van der Waals surface area contributed by atoms with Crippen LogP contribution in [-0.2, 0) is 14.3 Å². The number of rotatable bonds is 8. The second-order valence-corrected chi connectivity index (χ2v) is 3.27. The summed E-state index contributed by atoms with van der Waals surface area (Å²) >= 11 is 0. The Hall–Kier alpha value is -1.10. The minimum Gasteiger partial charge on any atom is -0.481 e. The normalized spacial score (nSPS) is 12.1. The summed E-state index contributed by atoms with van der Waals surface area (Å²) in [7, 11) is 0. The van der Waals surface area contributed by atoms with Crippen LogP contribution in [0.2, 0.25) is 0 Å². The van der Waals surface area contributed by atoms with Gasteiger partial charge in [0.05, 0.1) is 5.92 Å². The molecular weight excluding hydrogens is 198 g/mol. The maximum Gasteiger partial charge on any atom is 0.308 e. The molecule has 0 aromatic rings. The lowest BCUT2D eigenvalue weighted by molar-refractivity contribution is -0.142. The lowest BCUT2D eigenvalue weighted by Gasteiger charge is -2.12. The van der Waals surface area contributed by atoms with Gasteiger partial charge in [0.15, 0.2) is 0 Å². The molecule has 0 aliphatic heterocycles. The van der Waals surface area contributed by atoms with Crippen LogP contribution in [0.1, 0.15) is 26.7 Å². The van der Waals surface area contributed by atoms with E-state index in [1.807, 2.05) is 6.92 Å². The number of carbonyl (C=O) groups is 2. The summed E-state index contributed by atoms with van der Waals surface area (Å²) in [5.74, 6) is -1.63. The minimum absolute atomic E-state index is 0.00500. The smallest absolute Gasteiger partial charge is 0.308 e. The first kappa shape index (κ1) is 13.9. The van der Waals surface area contributed by atoms with Crippen molar-refractivity contribution in [2.45, 2.75) is 26.7 Å². The lowest BCUT2D eigenvalue weighted by atomic mass is 10.0. The van der Waals surface area contributed by atoms with Crippen LogP contribution in [0, 0.1) is 5.92 Å². The van der Waals surface area contributed by atoms with E-state index < -0.39 is 11.9 Å². The molecule has 1 amide bonds. The van der Waals surface area contributed by atoms with E-state index in [-0.39, 0.29) is 19.1 Å². The second-order valence-electron chi connectivity index (χ2n) is 3.27. The fraction of sp³-hybridized carbons (Fsp3) is 0.800. The molecule has 0 saturated heterocycles. The molecule has 0 aliphatic rings. The summed E-state index contributed by atoms with van der Waals surface area (Å²) in [5.41, 5.74) is 0. The van der Waals surface area contributed by atoms with Gasteiger partial charge in [-0.25, -0.2) is 0 Å². The minimum atomic E-state index is -0.867. The van der Waals surface area contributed by atoms with Crippen molar-refractivity contribution in [2.24, 2.45) is 5.92 Å². The molecule has 0 bridgehead atoms. The van der Waals surface area contributed by atoms with Gasteiger partial charge in [-0.3, -0.25) is 9.59 Å². The van der Waals surface area contributed by atoms with Crippen molar-refractivity contribution in [3.05, 3.63) is 0 Å². The van der Waals surface area contributed by atoms with E-state index >= 15 is 0 Å². The van der Waals surface area contributed by atoms with Crippen LogP contribution in [0.4, 0.5) is 0 Å². The molecule has 88 valence electrons. The van der Waals surface area contributed by atoms with Gasteiger partial charge in [-0.05, 0) is 13.3 Å². The number of amides is 1. The zero-order valence-corrected chi connectivity index (χ0v) is 9.28. The van der Waals surface area contributed by atoms with Gasteiger partial charge < -0.3 is 15.2 Å². The van der Waals surface area contributed by atoms with Gasteiger partial charge >= 0.3 is 5.97 Å². The average molecular weight is 217 g/mol. The molecule has 1 unspecified atom stereocenters. The Labute approximate surface area is 89.8 Å². The SMILES string of the molecule is CCCC(CNC(=O)COCC)C(=O)O. The zero-order chi connectivity index (χ0) is 11.7. The highest BCUT2D eigenvalue weighted by atomic mass is 16.5. The van der Waals surface area contributed by atoms with Gasteiger partial charge in [0.1, 0.15) is 6.61 Å². The molecule has 15 heavy (non-hydrogen) atoms. The average Bonchev–Trinajstić information content (AvgIpc) is 2.20. The highest BCUT2D eigenvalue weighted by molar-refractivity contribution is 5.78. The van der Waals surface area contributed by atoms with E-state index in [1.165, 1.54) is 0 Å². The number of nitrogens with one attached hydrogen (secondary N) is 1. The maximum absolute atomic E-state index is 11.1. The molecular formula is C10H19NO4. The summed E-state index contributed by atoms with van der Waals surface area (Å²) in [6, 6.07) is 0. The predicted octanol–water partition coefficient (Wildman–Crippen LogP) is 0.640. The lowest BCUT2D eigenvalue weighted by Crippen LogP contribution is -2.35.